The third-order valence-corrected chi connectivity index (χ3v) is 4.15. The zero-order valence-electron chi connectivity index (χ0n) is 8.44. The van der Waals surface area contributed by atoms with Crippen LogP contribution in [0.2, 0.25) is 0 Å². The van der Waals surface area contributed by atoms with Crippen molar-refractivity contribution in [3.8, 4) is 0 Å². The van der Waals surface area contributed by atoms with Gasteiger partial charge in [-0.25, -0.2) is 0 Å². The molecule has 0 unspecified atom stereocenters. The number of thioether (sulfide) groups is 1. The molecule has 1 saturated carbocycles. The van der Waals surface area contributed by atoms with Gasteiger partial charge < -0.3 is 0 Å². The molecule has 0 atom stereocenters. The van der Waals surface area contributed by atoms with Crippen LogP contribution < -0.4 is 0 Å². The van der Waals surface area contributed by atoms with E-state index in [1.54, 1.807) is 0 Å². The van der Waals surface area contributed by atoms with Crippen LogP contribution in [0.15, 0.2) is 0 Å². The number of rotatable bonds is 3. The normalized spacial score (nSPS) is 21.2. The summed E-state index contributed by atoms with van der Waals surface area (Å²) in [6.45, 7) is 8.58. The Balaban J connectivity index is 2.13. The summed E-state index contributed by atoms with van der Waals surface area (Å²) < 4.78 is 0. The summed E-state index contributed by atoms with van der Waals surface area (Å²) in [4.78, 5) is 0. The number of hydrogen-bond acceptors (Lipinski definition) is 1. The Morgan fingerprint density at radius 3 is 2.33 bits per heavy atom. The van der Waals surface area contributed by atoms with Crippen LogP contribution in [0.3, 0.4) is 0 Å². The smallest absolute Gasteiger partial charge is 0.00472 e. The van der Waals surface area contributed by atoms with E-state index in [-0.39, 0.29) is 5.41 Å². The fourth-order valence-corrected chi connectivity index (χ4v) is 2.93. The monoisotopic (exact) mass is 185 g/mol. The Hall–Kier alpha value is 0.350. The molecule has 0 aliphatic heterocycles. The molecule has 0 heterocycles. The van der Waals surface area contributed by atoms with Crippen LogP contribution in [0.5, 0.6) is 0 Å². The summed E-state index contributed by atoms with van der Waals surface area (Å²) in [6.07, 6.45) is 7.26. The van der Waals surface area contributed by atoms with Crippen molar-refractivity contribution in [2.75, 3.05) is 5.75 Å². The summed E-state index contributed by atoms with van der Waals surface area (Å²) >= 11 is 2.14. The maximum Gasteiger partial charge on any atom is 0.00472 e. The first-order valence-corrected chi connectivity index (χ1v) is 6.10. The van der Waals surface area contributed by atoms with E-state index in [2.05, 4.69) is 32.5 Å². The average Bonchev–Trinajstić information content (AvgIpc) is 2.02. The van der Waals surface area contributed by atoms with Gasteiger partial charge in [0.2, 0.25) is 0 Å². The quantitative estimate of drug-likeness (QED) is 0.642. The summed E-state index contributed by atoms with van der Waals surface area (Å²) in [6, 6.07) is 0. The molecular weight excluding hydrogens is 164 g/mol. The van der Waals surface area contributed by atoms with Gasteiger partial charge in [-0.3, -0.25) is 0 Å². The molecule has 0 aromatic rings. The Morgan fingerprint density at radius 2 is 1.83 bits per heavy atom. The van der Waals surface area contributed by atoms with Gasteiger partial charge >= 0.3 is 0 Å². The Labute approximate surface area is 81.5 Å². The van der Waals surface area contributed by atoms with E-state index in [0.29, 0.717) is 0 Å². The first-order valence-electron chi connectivity index (χ1n) is 5.05. The third kappa shape index (κ3) is 4.39. The summed E-state index contributed by atoms with van der Waals surface area (Å²) in [5.74, 6) is 1.22. The lowest BCUT2D eigenvalue weighted by atomic mass is 10.00. The Kier molecular flexibility index (Phi) is 3.95. The van der Waals surface area contributed by atoms with Gasteiger partial charge in [-0.1, -0.05) is 33.1 Å². The van der Waals surface area contributed by atoms with Gasteiger partial charge in [-0.05, 0) is 30.9 Å². The fourth-order valence-electron chi connectivity index (χ4n) is 1.58. The molecule has 0 bridgehead atoms. The molecule has 0 nitrogen and oxygen atoms in total. The molecule has 1 heteroatoms. The Bertz CT molecular complexity index is 117. The largest absolute Gasteiger partial charge is 0.158 e. The van der Waals surface area contributed by atoms with Crippen LogP contribution in [0.25, 0.3) is 0 Å². The van der Waals surface area contributed by atoms with E-state index >= 15 is 0 Å². The molecule has 1 rings (SSSR count). The molecular formula is C11H21S. The van der Waals surface area contributed by atoms with Gasteiger partial charge in [-0.2, -0.15) is 11.8 Å². The molecule has 1 aliphatic carbocycles. The number of hydrogen-bond donors (Lipinski definition) is 0. The lowest BCUT2D eigenvalue weighted by molar-refractivity contribution is 0.508. The van der Waals surface area contributed by atoms with Crippen LogP contribution in [-0.2, 0) is 0 Å². The molecule has 0 amide bonds. The van der Waals surface area contributed by atoms with Gasteiger partial charge in [0.15, 0.2) is 0 Å². The fraction of sp³-hybridized carbons (Fsp3) is 0.909. The summed E-state index contributed by atoms with van der Waals surface area (Å²) in [5, 5.41) is 0.944. The maximum atomic E-state index is 4.13. The van der Waals surface area contributed by atoms with Crippen molar-refractivity contribution < 1.29 is 0 Å². The zero-order chi connectivity index (χ0) is 9.03. The highest BCUT2D eigenvalue weighted by Gasteiger charge is 2.17. The van der Waals surface area contributed by atoms with Crippen molar-refractivity contribution in [1.82, 2.24) is 0 Å². The van der Waals surface area contributed by atoms with E-state index in [1.165, 1.54) is 37.9 Å². The van der Waals surface area contributed by atoms with Gasteiger partial charge in [0, 0.05) is 5.25 Å². The molecule has 1 fully saturated rings. The maximum absolute atomic E-state index is 4.13. The molecule has 0 aromatic carbocycles. The van der Waals surface area contributed by atoms with Crippen molar-refractivity contribution in [3.05, 3.63) is 6.92 Å². The molecule has 0 saturated heterocycles. The topological polar surface area (TPSA) is 0 Å². The highest BCUT2D eigenvalue weighted by molar-refractivity contribution is 7.99. The zero-order valence-corrected chi connectivity index (χ0v) is 9.25. The van der Waals surface area contributed by atoms with Gasteiger partial charge in [-0.15, -0.1) is 0 Å². The van der Waals surface area contributed by atoms with E-state index in [0.717, 1.165) is 5.25 Å². The third-order valence-electron chi connectivity index (χ3n) is 2.26. The van der Waals surface area contributed by atoms with Gasteiger partial charge in [0.25, 0.3) is 0 Å². The van der Waals surface area contributed by atoms with E-state index < -0.39 is 0 Å². The molecule has 0 aromatic heterocycles. The van der Waals surface area contributed by atoms with Crippen molar-refractivity contribution in [2.24, 2.45) is 5.41 Å². The van der Waals surface area contributed by atoms with Gasteiger partial charge in [0.1, 0.15) is 0 Å². The van der Waals surface area contributed by atoms with Crippen LogP contribution in [0, 0.1) is 12.3 Å². The predicted octanol–water partition coefficient (Wildman–Crippen LogP) is 3.91. The van der Waals surface area contributed by atoms with Crippen LogP contribution in [-0.4, -0.2) is 11.0 Å². The minimum absolute atomic E-state index is 0.266. The minimum Gasteiger partial charge on any atom is -0.158 e. The average molecular weight is 185 g/mol. The second-order valence-corrected chi connectivity index (χ2v) is 6.02. The van der Waals surface area contributed by atoms with Crippen LogP contribution >= 0.6 is 11.8 Å². The highest BCUT2D eigenvalue weighted by Crippen LogP contribution is 2.31. The van der Waals surface area contributed by atoms with E-state index in [4.69, 9.17) is 0 Å². The van der Waals surface area contributed by atoms with Crippen molar-refractivity contribution >= 4 is 11.8 Å². The van der Waals surface area contributed by atoms with Crippen LogP contribution in [0.4, 0.5) is 0 Å². The lowest BCUT2D eigenvalue weighted by Crippen LogP contribution is -2.15. The van der Waals surface area contributed by atoms with E-state index in [9.17, 15) is 0 Å². The highest BCUT2D eigenvalue weighted by atomic mass is 32.2. The molecule has 12 heavy (non-hydrogen) atoms. The first kappa shape index (κ1) is 10.4. The molecule has 71 valence electrons. The molecule has 0 N–H and O–H groups in total. The second kappa shape index (κ2) is 4.55. The predicted molar refractivity (Wildman–Crippen MR) is 58.5 cm³/mol. The van der Waals surface area contributed by atoms with Gasteiger partial charge in [0.05, 0.1) is 0 Å². The lowest BCUT2D eigenvalue weighted by Gasteiger charge is -2.25. The van der Waals surface area contributed by atoms with Crippen molar-refractivity contribution in [3.63, 3.8) is 0 Å². The molecule has 0 spiro atoms. The van der Waals surface area contributed by atoms with E-state index in [1.807, 2.05) is 0 Å². The molecule has 1 radical (unpaired) electrons. The Morgan fingerprint density at radius 1 is 1.25 bits per heavy atom. The minimum atomic E-state index is 0.266. The van der Waals surface area contributed by atoms with Crippen LogP contribution in [0.1, 0.15) is 46.0 Å². The molecule has 1 aliphatic rings. The van der Waals surface area contributed by atoms with Crippen molar-refractivity contribution in [1.29, 1.82) is 0 Å². The van der Waals surface area contributed by atoms with Crippen molar-refractivity contribution in [2.45, 2.75) is 51.2 Å². The first-order chi connectivity index (χ1) is 5.58. The second-order valence-electron chi connectivity index (χ2n) is 4.74. The summed E-state index contributed by atoms with van der Waals surface area (Å²) in [5.41, 5.74) is 0.266. The SMILES string of the molecule is [CH2]C(C)(C)CSC1CCCCC1. The standard InChI is InChI=1S/C11H21S/c1-11(2,3)9-12-10-7-5-4-6-8-10/h10H,1,4-9H2,2-3H3. The summed E-state index contributed by atoms with van der Waals surface area (Å²) in [7, 11) is 0.